The number of hydrogen-bond acceptors (Lipinski definition) is 7. The van der Waals surface area contributed by atoms with Gasteiger partial charge in [-0.05, 0) is 63.9 Å². The third kappa shape index (κ3) is 5.27. The largest absolute Gasteiger partial charge is 0.444 e. The summed E-state index contributed by atoms with van der Waals surface area (Å²) in [5.41, 5.74) is 0.242. The highest BCUT2D eigenvalue weighted by atomic mass is 32.2. The van der Waals surface area contributed by atoms with Crippen LogP contribution >= 0.6 is 0 Å². The van der Waals surface area contributed by atoms with Gasteiger partial charge in [0, 0.05) is 31.6 Å². The van der Waals surface area contributed by atoms with Crippen molar-refractivity contribution in [2.24, 2.45) is 0 Å². The lowest BCUT2D eigenvalue weighted by molar-refractivity contribution is 0.0189. The average Bonchev–Trinajstić information content (AvgIpc) is 3.18. The van der Waals surface area contributed by atoms with E-state index in [-0.39, 0.29) is 17.0 Å². The molecule has 0 radical (unpaired) electrons. The number of hydrogen-bond donors (Lipinski definition) is 0. The van der Waals surface area contributed by atoms with Crippen LogP contribution < -0.4 is 4.74 Å². The van der Waals surface area contributed by atoms with E-state index >= 15 is 0 Å². The molecule has 0 spiro atoms. The van der Waals surface area contributed by atoms with Crippen LogP contribution in [0.1, 0.15) is 39.7 Å². The molecular weight excluding hydrogens is 444 g/mol. The summed E-state index contributed by atoms with van der Waals surface area (Å²) in [7, 11) is -3.27. The smallest absolute Gasteiger partial charge is 0.410 e. The van der Waals surface area contributed by atoms with Crippen LogP contribution in [0.5, 0.6) is 11.6 Å². The van der Waals surface area contributed by atoms with Gasteiger partial charge in [-0.15, -0.1) is 0 Å². The molecule has 4 rings (SSSR count). The van der Waals surface area contributed by atoms with Gasteiger partial charge in [-0.1, -0.05) is 0 Å². The number of benzene rings is 1. The highest BCUT2D eigenvalue weighted by Crippen LogP contribution is 2.32. The standard InChI is InChI=1S/C23H28N4O5S/c1-23(2,3)32-22(28)26-12-9-16(10-13-26)27-14-11-19-20(27)24-15-25-21(19)31-17-5-7-18(8-6-17)33(4,29)30/h5-8,11,14-16H,9-10,12-13H2,1-4H3. The van der Waals surface area contributed by atoms with Crippen molar-refractivity contribution in [3.63, 3.8) is 0 Å². The van der Waals surface area contributed by atoms with Crippen LogP contribution in [0.15, 0.2) is 47.8 Å². The predicted molar refractivity (Wildman–Crippen MR) is 123 cm³/mol. The second kappa shape index (κ2) is 8.66. The minimum absolute atomic E-state index is 0.193. The fraction of sp³-hybridized carbons (Fsp3) is 0.435. The molecule has 33 heavy (non-hydrogen) atoms. The third-order valence-electron chi connectivity index (χ3n) is 5.45. The Hall–Kier alpha value is -3.14. The number of likely N-dealkylation sites (tertiary alicyclic amines) is 1. The molecule has 1 aliphatic rings. The van der Waals surface area contributed by atoms with Gasteiger partial charge in [0.15, 0.2) is 9.84 Å². The number of aromatic nitrogens is 3. The van der Waals surface area contributed by atoms with Gasteiger partial charge < -0.3 is 18.9 Å². The van der Waals surface area contributed by atoms with Crippen LogP contribution in [-0.4, -0.2) is 58.9 Å². The summed E-state index contributed by atoms with van der Waals surface area (Å²) in [6.45, 7) is 6.82. The zero-order chi connectivity index (χ0) is 23.8. The van der Waals surface area contributed by atoms with E-state index in [1.54, 1.807) is 17.0 Å². The van der Waals surface area contributed by atoms with E-state index in [1.807, 2.05) is 33.0 Å². The molecule has 0 atom stereocenters. The van der Waals surface area contributed by atoms with Gasteiger partial charge >= 0.3 is 6.09 Å². The monoisotopic (exact) mass is 472 g/mol. The summed E-state index contributed by atoms with van der Waals surface area (Å²) in [5, 5.41) is 0.763. The molecule has 9 nitrogen and oxygen atoms in total. The third-order valence-corrected chi connectivity index (χ3v) is 6.58. The Bertz CT molecular complexity index is 1250. The number of ether oxygens (including phenoxy) is 2. The summed E-state index contributed by atoms with van der Waals surface area (Å²) >= 11 is 0. The van der Waals surface area contributed by atoms with Crippen molar-refractivity contribution >= 4 is 27.0 Å². The van der Waals surface area contributed by atoms with Crippen LogP contribution in [0.2, 0.25) is 0 Å². The van der Waals surface area contributed by atoms with E-state index in [1.165, 1.54) is 18.5 Å². The SMILES string of the molecule is CC(C)(C)OC(=O)N1CCC(n2ccc3c(Oc4ccc(S(C)(=O)=O)cc4)ncnc32)CC1. The van der Waals surface area contributed by atoms with Crippen molar-refractivity contribution in [1.29, 1.82) is 0 Å². The lowest BCUT2D eigenvalue weighted by Crippen LogP contribution is -2.42. The van der Waals surface area contributed by atoms with Crippen molar-refractivity contribution in [3.05, 3.63) is 42.9 Å². The fourth-order valence-electron chi connectivity index (χ4n) is 3.84. The molecule has 1 saturated heterocycles. The zero-order valence-corrected chi connectivity index (χ0v) is 20.0. The lowest BCUT2D eigenvalue weighted by atomic mass is 10.1. The molecule has 3 heterocycles. The number of carbonyl (C=O) groups excluding carboxylic acids is 1. The Morgan fingerprint density at radius 1 is 1.06 bits per heavy atom. The molecular formula is C23H28N4O5S. The topological polar surface area (TPSA) is 104 Å². The number of amides is 1. The zero-order valence-electron chi connectivity index (χ0n) is 19.2. The van der Waals surface area contributed by atoms with Gasteiger partial charge in [-0.3, -0.25) is 0 Å². The lowest BCUT2D eigenvalue weighted by Gasteiger charge is -2.34. The van der Waals surface area contributed by atoms with Crippen LogP contribution in [-0.2, 0) is 14.6 Å². The Morgan fingerprint density at radius 2 is 1.73 bits per heavy atom. The maximum atomic E-state index is 12.3. The van der Waals surface area contributed by atoms with Crippen molar-refractivity contribution < 1.29 is 22.7 Å². The van der Waals surface area contributed by atoms with Gasteiger partial charge in [0.1, 0.15) is 23.3 Å². The Kier molecular flexibility index (Phi) is 6.04. The van der Waals surface area contributed by atoms with E-state index in [9.17, 15) is 13.2 Å². The summed E-state index contributed by atoms with van der Waals surface area (Å²) in [5.74, 6) is 0.887. The minimum Gasteiger partial charge on any atom is -0.444 e. The molecule has 1 aliphatic heterocycles. The first-order valence-corrected chi connectivity index (χ1v) is 12.7. The fourth-order valence-corrected chi connectivity index (χ4v) is 4.47. The van der Waals surface area contributed by atoms with Gasteiger partial charge in [0.2, 0.25) is 5.88 Å². The van der Waals surface area contributed by atoms with Crippen LogP contribution in [0.3, 0.4) is 0 Å². The molecule has 0 N–H and O–H groups in total. The first-order valence-electron chi connectivity index (χ1n) is 10.8. The molecule has 0 unspecified atom stereocenters. The molecule has 3 aromatic rings. The summed E-state index contributed by atoms with van der Waals surface area (Å²) in [6, 6.07) is 8.33. The Balaban J connectivity index is 1.48. The maximum absolute atomic E-state index is 12.3. The molecule has 0 aliphatic carbocycles. The van der Waals surface area contributed by atoms with E-state index in [4.69, 9.17) is 9.47 Å². The van der Waals surface area contributed by atoms with E-state index in [0.717, 1.165) is 30.1 Å². The molecule has 1 amide bonds. The van der Waals surface area contributed by atoms with Gasteiger partial charge in [-0.2, -0.15) is 0 Å². The highest BCUT2D eigenvalue weighted by molar-refractivity contribution is 7.90. The first kappa shape index (κ1) is 23.0. The molecule has 1 fully saturated rings. The summed E-state index contributed by atoms with van der Waals surface area (Å²) in [4.78, 5) is 23.0. The highest BCUT2D eigenvalue weighted by Gasteiger charge is 2.28. The van der Waals surface area contributed by atoms with Crippen molar-refractivity contribution in [2.75, 3.05) is 19.3 Å². The first-order chi connectivity index (χ1) is 15.5. The van der Waals surface area contributed by atoms with Gasteiger partial charge in [0.05, 0.1) is 10.3 Å². The maximum Gasteiger partial charge on any atom is 0.410 e. The normalized spacial score (nSPS) is 15.6. The Morgan fingerprint density at radius 3 is 2.33 bits per heavy atom. The number of fused-ring (bicyclic) bond motifs is 1. The summed E-state index contributed by atoms with van der Waals surface area (Å²) < 4.78 is 36.8. The number of rotatable bonds is 4. The number of nitrogens with zero attached hydrogens (tertiary/aromatic N) is 4. The van der Waals surface area contributed by atoms with Crippen molar-refractivity contribution in [3.8, 4) is 11.6 Å². The van der Waals surface area contributed by atoms with E-state index in [0.29, 0.717) is 24.7 Å². The van der Waals surface area contributed by atoms with Crippen molar-refractivity contribution in [2.45, 2.75) is 50.2 Å². The second-order valence-electron chi connectivity index (χ2n) is 9.18. The Labute approximate surface area is 193 Å². The van der Waals surface area contributed by atoms with E-state index in [2.05, 4.69) is 14.5 Å². The van der Waals surface area contributed by atoms with Crippen molar-refractivity contribution in [1.82, 2.24) is 19.4 Å². The number of piperidine rings is 1. The minimum atomic E-state index is -3.27. The predicted octanol–water partition coefficient (Wildman–Crippen LogP) is 4.20. The average molecular weight is 473 g/mol. The van der Waals surface area contributed by atoms with Gasteiger partial charge in [0.25, 0.3) is 0 Å². The number of carbonyl (C=O) groups is 1. The second-order valence-corrected chi connectivity index (χ2v) is 11.2. The number of sulfone groups is 1. The van der Waals surface area contributed by atoms with Crippen LogP contribution in [0.4, 0.5) is 4.79 Å². The molecule has 10 heteroatoms. The molecule has 2 aromatic heterocycles. The van der Waals surface area contributed by atoms with Crippen LogP contribution in [0, 0.1) is 0 Å². The molecule has 176 valence electrons. The quantitative estimate of drug-likeness (QED) is 0.560. The molecule has 1 aromatic carbocycles. The van der Waals surface area contributed by atoms with Gasteiger partial charge in [-0.25, -0.2) is 23.2 Å². The summed E-state index contributed by atoms with van der Waals surface area (Å²) in [6.07, 6.45) is 5.88. The molecule has 0 saturated carbocycles. The van der Waals surface area contributed by atoms with Crippen LogP contribution in [0.25, 0.3) is 11.0 Å². The molecule has 0 bridgehead atoms. The van der Waals surface area contributed by atoms with E-state index < -0.39 is 15.4 Å².